The van der Waals surface area contributed by atoms with E-state index in [1.807, 2.05) is 39.6 Å². The van der Waals surface area contributed by atoms with Crippen molar-refractivity contribution in [3.63, 3.8) is 0 Å². The van der Waals surface area contributed by atoms with E-state index in [9.17, 15) is 14.7 Å². The number of carboxylic acids is 1. The first-order valence-corrected chi connectivity index (χ1v) is 13.9. The molecule has 1 aliphatic heterocycles. The minimum absolute atomic E-state index is 0.0278. The third-order valence-electron chi connectivity index (χ3n) is 7.36. The van der Waals surface area contributed by atoms with Crippen LogP contribution in [-0.2, 0) is 9.59 Å². The summed E-state index contributed by atoms with van der Waals surface area (Å²) in [5.74, 6) is -0.681. The molecule has 0 aromatic carbocycles. The molecule has 1 saturated heterocycles. The van der Waals surface area contributed by atoms with E-state index in [-0.39, 0.29) is 5.91 Å². The Morgan fingerprint density at radius 1 is 0.794 bits per heavy atom. The summed E-state index contributed by atoms with van der Waals surface area (Å²) >= 11 is 0. The van der Waals surface area contributed by atoms with Crippen LogP contribution in [0.3, 0.4) is 0 Å². The van der Waals surface area contributed by atoms with E-state index in [0.29, 0.717) is 6.42 Å². The zero-order valence-electron chi connectivity index (χ0n) is 23.5. The van der Waals surface area contributed by atoms with E-state index >= 15 is 0 Å². The van der Waals surface area contributed by atoms with Gasteiger partial charge in [0.2, 0.25) is 5.91 Å². The predicted molar refractivity (Wildman–Crippen MR) is 142 cm³/mol. The van der Waals surface area contributed by atoms with Gasteiger partial charge >= 0.3 is 5.97 Å². The second-order valence-electron chi connectivity index (χ2n) is 11.0. The fourth-order valence-corrected chi connectivity index (χ4v) is 4.81. The first-order chi connectivity index (χ1) is 15.9. The second kappa shape index (κ2) is 17.3. The van der Waals surface area contributed by atoms with Crippen molar-refractivity contribution in [2.75, 3.05) is 7.05 Å². The molecule has 0 aliphatic carbocycles. The Balaban J connectivity index is 0.000000679. The smallest absolute Gasteiger partial charge is 0.303 e. The van der Waals surface area contributed by atoms with Gasteiger partial charge in [0.05, 0.1) is 11.2 Å². The summed E-state index contributed by atoms with van der Waals surface area (Å²) in [7, 11) is 1.90. The lowest BCUT2D eigenvalue weighted by Gasteiger charge is -2.38. The summed E-state index contributed by atoms with van der Waals surface area (Å²) in [6.07, 6.45) is 19.5. The van der Waals surface area contributed by atoms with Gasteiger partial charge in [-0.25, -0.2) is 0 Å². The number of aliphatic hydroxyl groups excluding tert-OH is 1. The highest BCUT2D eigenvalue weighted by atomic mass is 16.4. The fourth-order valence-electron chi connectivity index (χ4n) is 4.81. The van der Waals surface area contributed by atoms with Crippen molar-refractivity contribution in [3.05, 3.63) is 0 Å². The molecular weight excluding hydrogens is 428 g/mol. The van der Waals surface area contributed by atoms with Gasteiger partial charge in [-0.3, -0.25) is 19.4 Å². The number of hydrogen-bond donors (Lipinski definition) is 2. The van der Waals surface area contributed by atoms with Crippen molar-refractivity contribution in [1.29, 1.82) is 0 Å². The normalized spacial score (nSPS) is 18.0. The summed E-state index contributed by atoms with van der Waals surface area (Å²) in [6, 6.07) is 0. The number of rotatable bonds is 17. The SMILES string of the molecule is CC(O)N1C(=O)C(C)(C)N(C)C1(C)C.CCCCCCCCCCCCCCCCCC(=O)O. The zero-order chi connectivity index (χ0) is 26.2. The van der Waals surface area contributed by atoms with Gasteiger partial charge in [-0.2, -0.15) is 0 Å². The zero-order valence-corrected chi connectivity index (χ0v) is 23.5. The molecule has 1 amide bonds. The molecule has 2 N–H and O–H groups in total. The number of carbonyl (C=O) groups excluding carboxylic acids is 1. The summed E-state index contributed by atoms with van der Waals surface area (Å²) < 4.78 is 0. The van der Waals surface area contributed by atoms with Crippen LogP contribution in [0.5, 0.6) is 0 Å². The summed E-state index contributed by atoms with van der Waals surface area (Å²) in [4.78, 5) is 25.9. The maximum absolute atomic E-state index is 12.0. The Kier molecular flexibility index (Phi) is 16.7. The van der Waals surface area contributed by atoms with Gasteiger partial charge in [0.15, 0.2) is 0 Å². The number of likely N-dealkylation sites (N-methyl/N-ethyl adjacent to an activating group) is 1. The van der Waals surface area contributed by atoms with Crippen molar-refractivity contribution >= 4 is 11.9 Å². The quantitative estimate of drug-likeness (QED) is 0.218. The molecular formula is C28H56N2O4. The van der Waals surface area contributed by atoms with Gasteiger partial charge in [0.1, 0.15) is 6.23 Å². The third-order valence-corrected chi connectivity index (χ3v) is 7.36. The molecule has 0 spiro atoms. The molecule has 34 heavy (non-hydrogen) atoms. The van der Waals surface area contributed by atoms with Gasteiger partial charge in [-0.15, -0.1) is 0 Å². The number of carboxylic acid groups (broad SMARTS) is 1. The highest BCUT2D eigenvalue weighted by molar-refractivity contribution is 5.88. The standard InChI is InChI=1S/C18H36O2.C10H20N2O2/c1-2-3-4-5-6-7-8-9-10-11-12-13-14-15-16-17-18(19)20;1-7(13)12-8(14)9(2,3)11(6)10(12,4)5/h2-17H2,1H3,(H,19,20);7,13H,1-6H3. The molecule has 6 nitrogen and oxygen atoms in total. The number of amides is 1. The summed E-state index contributed by atoms with van der Waals surface area (Å²) in [5.41, 5.74) is -0.977. The predicted octanol–water partition coefficient (Wildman–Crippen LogP) is 6.95. The second-order valence-corrected chi connectivity index (χ2v) is 11.0. The number of aliphatic carboxylic acids is 1. The number of carbonyl (C=O) groups is 2. The molecule has 0 aromatic heterocycles. The van der Waals surface area contributed by atoms with Crippen molar-refractivity contribution in [2.45, 2.75) is 162 Å². The van der Waals surface area contributed by atoms with Crippen LogP contribution in [0.2, 0.25) is 0 Å². The van der Waals surface area contributed by atoms with Crippen LogP contribution in [0.4, 0.5) is 0 Å². The molecule has 1 atom stereocenters. The molecule has 1 unspecified atom stereocenters. The highest BCUT2D eigenvalue weighted by Gasteiger charge is 2.55. The molecule has 6 heteroatoms. The van der Waals surface area contributed by atoms with E-state index in [1.165, 1.54) is 88.4 Å². The van der Waals surface area contributed by atoms with E-state index in [4.69, 9.17) is 5.11 Å². The molecule has 0 radical (unpaired) electrons. The Bertz CT molecular complexity index is 561. The van der Waals surface area contributed by atoms with Gasteiger partial charge < -0.3 is 10.2 Å². The van der Waals surface area contributed by atoms with E-state index in [2.05, 4.69) is 6.92 Å². The lowest BCUT2D eigenvalue weighted by molar-refractivity contribution is -0.144. The maximum atomic E-state index is 12.0. The van der Waals surface area contributed by atoms with E-state index in [1.54, 1.807) is 6.92 Å². The Hall–Kier alpha value is -1.14. The topological polar surface area (TPSA) is 81.1 Å². The number of unbranched alkanes of at least 4 members (excludes halogenated alkanes) is 14. The minimum Gasteiger partial charge on any atom is -0.481 e. The fraction of sp³-hybridized carbons (Fsp3) is 0.929. The van der Waals surface area contributed by atoms with Crippen LogP contribution in [-0.4, -0.2) is 56.4 Å². The Morgan fingerprint density at radius 2 is 1.15 bits per heavy atom. The molecule has 1 fully saturated rings. The average molecular weight is 485 g/mol. The molecule has 0 saturated carbocycles. The Morgan fingerprint density at radius 3 is 1.38 bits per heavy atom. The van der Waals surface area contributed by atoms with Crippen molar-refractivity contribution in [1.82, 2.24) is 9.80 Å². The van der Waals surface area contributed by atoms with E-state index < -0.39 is 23.4 Å². The molecule has 0 bridgehead atoms. The van der Waals surface area contributed by atoms with Gasteiger partial charge in [-0.1, -0.05) is 96.8 Å². The summed E-state index contributed by atoms with van der Waals surface area (Å²) in [6.45, 7) is 11.5. The van der Waals surface area contributed by atoms with E-state index in [0.717, 1.165) is 12.8 Å². The van der Waals surface area contributed by atoms with Crippen molar-refractivity contribution in [2.24, 2.45) is 0 Å². The number of nitrogens with zero attached hydrogens (tertiary/aromatic N) is 2. The summed E-state index contributed by atoms with van der Waals surface area (Å²) in [5, 5.41) is 18.1. The van der Waals surface area contributed by atoms with Crippen LogP contribution in [0.1, 0.15) is 144 Å². The van der Waals surface area contributed by atoms with Crippen molar-refractivity contribution in [3.8, 4) is 0 Å². The largest absolute Gasteiger partial charge is 0.481 e. The molecule has 1 aliphatic rings. The lowest BCUT2D eigenvalue weighted by atomic mass is 10.0. The van der Waals surface area contributed by atoms with Gasteiger partial charge in [0.25, 0.3) is 0 Å². The van der Waals surface area contributed by atoms with Crippen LogP contribution in [0.15, 0.2) is 0 Å². The van der Waals surface area contributed by atoms with Crippen molar-refractivity contribution < 1.29 is 19.8 Å². The van der Waals surface area contributed by atoms with Gasteiger partial charge in [0, 0.05) is 6.42 Å². The first-order valence-electron chi connectivity index (χ1n) is 13.9. The number of aliphatic hydroxyl groups is 1. The van der Waals surface area contributed by atoms with Crippen LogP contribution < -0.4 is 0 Å². The third kappa shape index (κ3) is 12.0. The number of hydrogen-bond acceptors (Lipinski definition) is 4. The molecule has 0 aromatic rings. The monoisotopic (exact) mass is 484 g/mol. The Labute approximate surface area is 210 Å². The van der Waals surface area contributed by atoms with Crippen LogP contribution >= 0.6 is 0 Å². The first kappa shape index (κ1) is 32.9. The maximum Gasteiger partial charge on any atom is 0.303 e. The molecule has 1 rings (SSSR count). The van der Waals surface area contributed by atoms with Crippen LogP contribution in [0.25, 0.3) is 0 Å². The highest BCUT2D eigenvalue weighted by Crippen LogP contribution is 2.37. The molecule has 1 heterocycles. The molecule has 202 valence electrons. The van der Waals surface area contributed by atoms with Gasteiger partial charge in [-0.05, 0) is 48.1 Å². The van der Waals surface area contributed by atoms with Crippen LogP contribution in [0, 0.1) is 0 Å². The average Bonchev–Trinajstić information content (AvgIpc) is 2.87. The minimum atomic E-state index is -0.748. The lowest BCUT2D eigenvalue weighted by Crippen LogP contribution is -2.52.